The number of piperidine rings is 1. The molecule has 166 valence electrons. The number of likely N-dealkylation sites (tertiary alicyclic amines) is 2. The molecule has 5 atom stereocenters. The second-order valence-electron chi connectivity index (χ2n) is 9.62. The summed E-state index contributed by atoms with van der Waals surface area (Å²) in [7, 11) is 0. The van der Waals surface area contributed by atoms with E-state index in [0.29, 0.717) is 55.8 Å². The first-order chi connectivity index (χ1) is 14.4. The molecule has 4 fully saturated rings. The summed E-state index contributed by atoms with van der Waals surface area (Å²) in [6, 6.07) is 7.57. The second kappa shape index (κ2) is 8.34. The molecule has 0 aliphatic carbocycles. The zero-order valence-electron chi connectivity index (χ0n) is 17.4. The zero-order chi connectivity index (χ0) is 20.7. The third kappa shape index (κ3) is 4.49. The summed E-state index contributed by atoms with van der Waals surface area (Å²) in [4.78, 5) is 4.17. The minimum Gasteiger partial charge on any atom is -0.491 e. The van der Waals surface area contributed by atoms with Crippen molar-refractivity contribution in [2.45, 2.75) is 56.5 Å². The molecule has 1 aromatic rings. The molecule has 4 aliphatic rings. The monoisotopic (exact) mass is 422 g/mol. The van der Waals surface area contributed by atoms with Gasteiger partial charge in [-0.3, -0.25) is 9.80 Å². The molecule has 30 heavy (non-hydrogen) atoms. The molecule has 0 spiro atoms. The van der Waals surface area contributed by atoms with Gasteiger partial charge in [0.25, 0.3) is 5.92 Å². The van der Waals surface area contributed by atoms with Crippen molar-refractivity contribution in [2.24, 2.45) is 11.8 Å². The molecule has 1 aromatic carbocycles. The van der Waals surface area contributed by atoms with Crippen LogP contribution < -0.4 is 4.74 Å². The number of halogens is 2. The lowest BCUT2D eigenvalue weighted by Gasteiger charge is -2.32. The van der Waals surface area contributed by atoms with E-state index in [9.17, 15) is 13.9 Å². The Labute approximate surface area is 176 Å². The van der Waals surface area contributed by atoms with Gasteiger partial charge in [-0.1, -0.05) is 12.1 Å². The molecular formula is C23H32F2N2O3. The van der Waals surface area contributed by atoms with Gasteiger partial charge in [0.1, 0.15) is 18.5 Å². The molecule has 5 nitrogen and oxygen atoms in total. The highest BCUT2D eigenvalue weighted by Crippen LogP contribution is 2.47. The molecule has 4 aliphatic heterocycles. The standard InChI is InChI=1S/C23H32F2N2O3/c24-23(25)8-1-9-26(15-23)10-16-2-4-18(5-3-16)29-14-17(28)11-27-12-19-20(13-27)22-7-6-21(19)30-22/h2-5,17,19-22,28H,1,6-15H2/t17?,19-,20+,21+,22-. The van der Waals surface area contributed by atoms with Crippen LogP contribution in [0.25, 0.3) is 0 Å². The highest BCUT2D eigenvalue weighted by Gasteiger charge is 2.52. The van der Waals surface area contributed by atoms with E-state index in [2.05, 4.69) is 4.90 Å². The van der Waals surface area contributed by atoms with Crippen molar-refractivity contribution >= 4 is 0 Å². The van der Waals surface area contributed by atoms with Gasteiger partial charge in [-0.15, -0.1) is 0 Å². The number of aliphatic hydroxyl groups is 1. The van der Waals surface area contributed by atoms with Gasteiger partial charge in [-0.05, 0) is 43.5 Å². The molecule has 0 saturated carbocycles. The topological polar surface area (TPSA) is 45.2 Å². The summed E-state index contributed by atoms with van der Waals surface area (Å²) in [6.45, 7) is 4.01. The molecule has 0 aromatic heterocycles. The van der Waals surface area contributed by atoms with Crippen LogP contribution in [0.3, 0.4) is 0 Å². The van der Waals surface area contributed by atoms with E-state index in [1.54, 1.807) is 0 Å². The van der Waals surface area contributed by atoms with E-state index in [0.717, 1.165) is 18.7 Å². The molecule has 1 unspecified atom stereocenters. The predicted octanol–water partition coefficient (Wildman–Crippen LogP) is 2.77. The van der Waals surface area contributed by atoms with Crippen LogP contribution in [0.1, 0.15) is 31.2 Å². The van der Waals surface area contributed by atoms with Crippen LogP contribution in [-0.4, -0.2) is 78.5 Å². The van der Waals surface area contributed by atoms with Crippen LogP contribution >= 0.6 is 0 Å². The first-order valence-corrected chi connectivity index (χ1v) is 11.3. The van der Waals surface area contributed by atoms with Crippen LogP contribution in [0.2, 0.25) is 0 Å². The van der Waals surface area contributed by atoms with E-state index < -0.39 is 12.0 Å². The lowest BCUT2D eigenvalue weighted by molar-refractivity contribution is -0.0661. The smallest absolute Gasteiger partial charge is 0.260 e. The summed E-state index contributed by atoms with van der Waals surface area (Å²) >= 11 is 0. The van der Waals surface area contributed by atoms with Crippen LogP contribution in [0.5, 0.6) is 5.75 Å². The summed E-state index contributed by atoms with van der Waals surface area (Å²) in [6.07, 6.45) is 3.27. The number of β-amino-alcohol motifs (C(OH)–C–C–N with tert-alkyl or cyclic N) is 1. The number of alkyl halides is 2. The van der Waals surface area contributed by atoms with Crippen LogP contribution in [0.4, 0.5) is 8.78 Å². The summed E-state index contributed by atoms with van der Waals surface area (Å²) in [5.74, 6) is -0.585. The average molecular weight is 423 g/mol. The van der Waals surface area contributed by atoms with Crippen LogP contribution in [0.15, 0.2) is 24.3 Å². The highest BCUT2D eigenvalue weighted by molar-refractivity contribution is 5.27. The number of hydrogen-bond donors (Lipinski definition) is 1. The number of aliphatic hydroxyl groups excluding tert-OH is 1. The summed E-state index contributed by atoms with van der Waals surface area (Å²) < 4.78 is 38.9. The maximum atomic E-state index is 13.6. The van der Waals surface area contributed by atoms with E-state index in [1.165, 1.54) is 12.8 Å². The van der Waals surface area contributed by atoms with Gasteiger partial charge in [0.2, 0.25) is 0 Å². The molecule has 1 N–H and O–H groups in total. The first-order valence-electron chi connectivity index (χ1n) is 11.3. The third-order valence-corrected chi connectivity index (χ3v) is 7.24. The van der Waals surface area contributed by atoms with E-state index in [4.69, 9.17) is 9.47 Å². The molecule has 4 saturated heterocycles. The van der Waals surface area contributed by atoms with Gasteiger partial charge >= 0.3 is 0 Å². The Hall–Kier alpha value is -1.28. The maximum absolute atomic E-state index is 13.6. The Balaban J connectivity index is 1.05. The summed E-state index contributed by atoms with van der Waals surface area (Å²) in [5.41, 5.74) is 1.00. The lowest BCUT2D eigenvalue weighted by atomic mass is 9.82. The van der Waals surface area contributed by atoms with Crippen molar-refractivity contribution in [3.05, 3.63) is 29.8 Å². The Kier molecular flexibility index (Phi) is 5.73. The number of rotatable bonds is 7. The molecule has 5 rings (SSSR count). The number of ether oxygens (including phenoxy) is 2. The van der Waals surface area contributed by atoms with Crippen molar-refractivity contribution in [3.8, 4) is 5.75 Å². The molecule has 2 bridgehead atoms. The van der Waals surface area contributed by atoms with E-state index in [-0.39, 0.29) is 19.6 Å². The Bertz CT molecular complexity index is 714. The fourth-order valence-corrected chi connectivity index (χ4v) is 5.87. The minimum absolute atomic E-state index is 0.00765. The largest absolute Gasteiger partial charge is 0.491 e. The molecular weight excluding hydrogens is 390 g/mol. The number of hydrogen-bond acceptors (Lipinski definition) is 5. The second-order valence-corrected chi connectivity index (χ2v) is 9.62. The first kappa shape index (κ1) is 20.6. The molecule has 7 heteroatoms. The van der Waals surface area contributed by atoms with E-state index in [1.807, 2.05) is 29.2 Å². The Morgan fingerprint density at radius 3 is 2.47 bits per heavy atom. The van der Waals surface area contributed by atoms with Gasteiger partial charge in [0, 0.05) is 44.4 Å². The lowest BCUT2D eigenvalue weighted by Crippen LogP contribution is -2.41. The quantitative estimate of drug-likeness (QED) is 0.732. The average Bonchev–Trinajstić information content (AvgIpc) is 3.40. The van der Waals surface area contributed by atoms with Crippen molar-refractivity contribution in [1.29, 1.82) is 0 Å². The normalized spacial score (nSPS) is 34.2. The third-order valence-electron chi connectivity index (χ3n) is 7.24. The highest BCUT2D eigenvalue weighted by atomic mass is 19.3. The van der Waals surface area contributed by atoms with Crippen molar-refractivity contribution in [3.63, 3.8) is 0 Å². The van der Waals surface area contributed by atoms with Gasteiger partial charge in [-0.2, -0.15) is 0 Å². The number of benzene rings is 1. The van der Waals surface area contributed by atoms with Crippen LogP contribution in [-0.2, 0) is 11.3 Å². The van der Waals surface area contributed by atoms with Crippen molar-refractivity contribution < 1.29 is 23.4 Å². The Morgan fingerprint density at radius 1 is 1.10 bits per heavy atom. The minimum atomic E-state index is -2.57. The van der Waals surface area contributed by atoms with Gasteiger partial charge in [0.05, 0.1) is 18.8 Å². The van der Waals surface area contributed by atoms with E-state index >= 15 is 0 Å². The maximum Gasteiger partial charge on any atom is 0.260 e. The number of fused-ring (bicyclic) bond motifs is 5. The Morgan fingerprint density at radius 2 is 1.80 bits per heavy atom. The molecule has 0 amide bonds. The fraction of sp³-hybridized carbons (Fsp3) is 0.739. The van der Waals surface area contributed by atoms with Crippen molar-refractivity contribution in [1.82, 2.24) is 9.80 Å². The summed E-state index contributed by atoms with van der Waals surface area (Å²) in [5, 5.41) is 10.4. The SMILES string of the molecule is OC(COc1ccc(CN2CCCC(F)(F)C2)cc1)CN1C[C@@H]2[C@H](C1)[C@H]1CC[C@@H]2O1. The predicted molar refractivity (Wildman–Crippen MR) is 109 cm³/mol. The van der Waals surface area contributed by atoms with Gasteiger partial charge < -0.3 is 14.6 Å². The van der Waals surface area contributed by atoms with Crippen molar-refractivity contribution in [2.75, 3.05) is 39.3 Å². The van der Waals surface area contributed by atoms with Crippen LogP contribution in [0, 0.1) is 11.8 Å². The van der Waals surface area contributed by atoms with Gasteiger partial charge in [0.15, 0.2) is 0 Å². The fourth-order valence-electron chi connectivity index (χ4n) is 5.87. The molecule has 0 radical (unpaired) electrons. The number of nitrogens with zero attached hydrogens (tertiary/aromatic N) is 2. The zero-order valence-corrected chi connectivity index (χ0v) is 17.4. The molecule has 4 heterocycles. The van der Waals surface area contributed by atoms with Gasteiger partial charge in [-0.25, -0.2) is 8.78 Å².